The van der Waals surface area contributed by atoms with E-state index >= 15 is 0 Å². The van der Waals surface area contributed by atoms with Gasteiger partial charge >= 0.3 is 0 Å². The molecule has 1 amide bonds. The van der Waals surface area contributed by atoms with Gasteiger partial charge < -0.3 is 9.84 Å². The van der Waals surface area contributed by atoms with Crippen LogP contribution in [0.4, 0.5) is 0 Å². The molecular weight excluding hydrogens is 412 g/mol. The topological polar surface area (TPSA) is 70.9 Å². The molecule has 0 heterocycles. The lowest BCUT2D eigenvalue weighted by Gasteiger charge is -2.10. The van der Waals surface area contributed by atoms with Gasteiger partial charge in [0.05, 0.1) is 11.8 Å². The Balaban J connectivity index is 1.48. The normalized spacial score (nSPS) is 11.0. The van der Waals surface area contributed by atoms with Gasteiger partial charge in [-0.2, -0.15) is 5.10 Å². The first-order valence-electron chi connectivity index (χ1n) is 9.62. The number of aromatic hydroxyl groups is 1. The van der Waals surface area contributed by atoms with Crippen LogP contribution in [0, 0.1) is 0 Å². The van der Waals surface area contributed by atoms with E-state index in [4.69, 9.17) is 16.3 Å². The minimum Gasteiger partial charge on any atom is -0.507 e. The van der Waals surface area contributed by atoms with Crippen LogP contribution in [-0.2, 0) is 6.61 Å². The molecule has 4 rings (SSSR count). The van der Waals surface area contributed by atoms with Gasteiger partial charge in [-0.1, -0.05) is 66.2 Å². The molecule has 154 valence electrons. The number of benzene rings is 4. The van der Waals surface area contributed by atoms with Crippen LogP contribution < -0.4 is 10.2 Å². The summed E-state index contributed by atoms with van der Waals surface area (Å²) >= 11 is 5.91. The monoisotopic (exact) mass is 430 g/mol. The van der Waals surface area contributed by atoms with Crippen molar-refractivity contribution < 1.29 is 14.6 Å². The first kappa shape index (κ1) is 20.4. The molecule has 5 nitrogen and oxygen atoms in total. The van der Waals surface area contributed by atoms with Crippen molar-refractivity contribution in [2.75, 3.05) is 0 Å². The highest BCUT2D eigenvalue weighted by molar-refractivity contribution is 6.30. The summed E-state index contributed by atoms with van der Waals surface area (Å²) < 4.78 is 5.83. The summed E-state index contributed by atoms with van der Waals surface area (Å²) in [5.74, 6) is 0.115. The van der Waals surface area contributed by atoms with Gasteiger partial charge in [0.2, 0.25) is 0 Å². The number of hydrogen-bond acceptors (Lipinski definition) is 4. The predicted octanol–water partition coefficient (Wildman–Crippen LogP) is 5.54. The average Bonchev–Trinajstić information content (AvgIpc) is 2.80. The van der Waals surface area contributed by atoms with E-state index < -0.39 is 5.91 Å². The number of nitrogens with zero attached hydrogens (tertiary/aromatic N) is 1. The number of phenols is 1. The van der Waals surface area contributed by atoms with Gasteiger partial charge in [-0.25, -0.2) is 5.43 Å². The molecule has 0 saturated carbocycles. The Morgan fingerprint density at radius 2 is 1.71 bits per heavy atom. The fourth-order valence-electron chi connectivity index (χ4n) is 3.16. The van der Waals surface area contributed by atoms with Gasteiger partial charge in [-0.15, -0.1) is 0 Å². The van der Waals surface area contributed by atoms with Crippen molar-refractivity contribution in [2.24, 2.45) is 5.10 Å². The highest BCUT2D eigenvalue weighted by Gasteiger charge is 2.12. The fraction of sp³-hybridized carbons (Fsp3) is 0.0400. The van der Waals surface area contributed by atoms with E-state index in [0.29, 0.717) is 28.5 Å². The van der Waals surface area contributed by atoms with Crippen molar-refractivity contribution in [3.05, 3.63) is 107 Å². The van der Waals surface area contributed by atoms with Crippen molar-refractivity contribution in [1.82, 2.24) is 5.43 Å². The molecule has 0 bridgehead atoms. The van der Waals surface area contributed by atoms with Gasteiger partial charge in [-0.3, -0.25) is 4.79 Å². The number of para-hydroxylation sites is 1. The number of hydrogen-bond donors (Lipinski definition) is 2. The molecule has 0 spiro atoms. The smallest absolute Gasteiger partial charge is 0.275 e. The molecule has 0 atom stereocenters. The van der Waals surface area contributed by atoms with Gasteiger partial charge in [0.1, 0.15) is 18.1 Å². The highest BCUT2D eigenvalue weighted by Crippen LogP contribution is 2.25. The predicted molar refractivity (Wildman–Crippen MR) is 123 cm³/mol. The molecular formula is C25H19ClN2O3. The fourth-order valence-corrected chi connectivity index (χ4v) is 3.28. The summed E-state index contributed by atoms with van der Waals surface area (Å²) in [5, 5.41) is 16.7. The molecule has 0 unspecified atom stereocenters. The highest BCUT2D eigenvalue weighted by atomic mass is 35.5. The first-order valence-corrected chi connectivity index (χ1v) is 10.00. The molecule has 0 aliphatic rings. The Hall–Kier alpha value is -3.83. The maximum atomic E-state index is 12.7. The zero-order chi connectivity index (χ0) is 21.6. The number of fused-ring (bicyclic) bond motifs is 1. The van der Waals surface area contributed by atoms with Crippen LogP contribution in [0.1, 0.15) is 21.5 Å². The Labute approximate surface area is 184 Å². The molecule has 2 N–H and O–H groups in total. The summed E-state index contributed by atoms with van der Waals surface area (Å²) in [6.45, 7) is 0.300. The van der Waals surface area contributed by atoms with Crippen molar-refractivity contribution >= 4 is 34.5 Å². The molecule has 0 aromatic heterocycles. The summed E-state index contributed by atoms with van der Waals surface area (Å²) in [6.07, 6.45) is 1.44. The van der Waals surface area contributed by atoms with E-state index in [2.05, 4.69) is 10.5 Å². The van der Waals surface area contributed by atoms with Gasteiger partial charge in [0.25, 0.3) is 5.91 Å². The van der Waals surface area contributed by atoms with Gasteiger partial charge in [0, 0.05) is 10.6 Å². The molecule has 6 heteroatoms. The minimum atomic E-state index is -0.414. The molecule has 4 aromatic rings. The molecule has 0 saturated heterocycles. The molecule has 0 fully saturated rings. The maximum absolute atomic E-state index is 12.7. The van der Waals surface area contributed by atoms with E-state index in [1.807, 2.05) is 42.5 Å². The SMILES string of the molecule is O=C(N/N=C\c1c(O)ccc2ccccc12)c1ccccc1OCc1ccc(Cl)cc1. The largest absolute Gasteiger partial charge is 0.507 e. The second-order valence-corrected chi connectivity index (χ2v) is 7.27. The quantitative estimate of drug-likeness (QED) is 0.311. The van der Waals surface area contributed by atoms with E-state index in [1.165, 1.54) is 6.21 Å². The number of phenolic OH excluding ortho intramolecular Hbond substituents is 1. The second kappa shape index (κ2) is 9.32. The van der Waals surface area contributed by atoms with E-state index in [9.17, 15) is 9.90 Å². The Morgan fingerprint density at radius 3 is 2.55 bits per heavy atom. The number of ether oxygens (including phenoxy) is 1. The third-order valence-electron chi connectivity index (χ3n) is 4.75. The Bertz CT molecular complexity index is 1250. The molecule has 4 aromatic carbocycles. The lowest BCUT2D eigenvalue weighted by atomic mass is 10.0. The third kappa shape index (κ3) is 4.85. The summed E-state index contributed by atoms with van der Waals surface area (Å²) in [7, 11) is 0. The lowest BCUT2D eigenvalue weighted by molar-refractivity contribution is 0.0950. The summed E-state index contributed by atoms with van der Waals surface area (Å²) in [6, 6.07) is 25.3. The number of amides is 1. The van der Waals surface area contributed by atoms with Crippen molar-refractivity contribution in [3.8, 4) is 11.5 Å². The van der Waals surface area contributed by atoms with Gasteiger partial charge in [0.15, 0.2) is 0 Å². The zero-order valence-electron chi connectivity index (χ0n) is 16.5. The minimum absolute atomic E-state index is 0.0865. The van der Waals surface area contributed by atoms with E-state index in [0.717, 1.165) is 16.3 Å². The lowest BCUT2D eigenvalue weighted by Crippen LogP contribution is -2.18. The van der Waals surface area contributed by atoms with Crippen LogP contribution in [0.5, 0.6) is 11.5 Å². The number of nitrogens with one attached hydrogen (secondary N) is 1. The third-order valence-corrected chi connectivity index (χ3v) is 5.00. The van der Waals surface area contributed by atoms with Crippen LogP contribution in [0.25, 0.3) is 10.8 Å². The van der Waals surface area contributed by atoms with E-state index in [1.54, 1.807) is 42.5 Å². The number of rotatable bonds is 6. The number of carbonyl (C=O) groups is 1. The number of carbonyl (C=O) groups excluding carboxylic acids is 1. The Morgan fingerprint density at radius 1 is 0.968 bits per heavy atom. The summed E-state index contributed by atoms with van der Waals surface area (Å²) in [5.41, 5.74) is 4.33. The summed E-state index contributed by atoms with van der Waals surface area (Å²) in [4.78, 5) is 12.7. The van der Waals surface area contributed by atoms with Gasteiger partial charge in [-0.05, 0) is 46.7 Å². The second-order valence-electron chi connectivity index (χ2n) is 6.83. The standard InChI is InChI=1S/C25H19ClN2O3/c26-19-12-9-17(10-13-19)16-31-24-8-4-3-7-21(24)25(30)28-27-15-22-20-6-2-1-5-18(20)11-14-23(22)29/h1-15,29H,16H2,(H,28,30)/b27-15-. The molecule has 0 aliphatic heterocycles. The van der Waals surface area contributed by atoms with Crippen LogP contribution in [0.2, 0.25) is 5.02 Å². The average molecular weight is 431 g/mol. The molecule has 31 heavy (non-hydrogen) atoms. The van der Waals surface area contributed by atoms with E-state index in [-0.39, 0.29) is 5.75 Å². The van der Waals surface area contributed by atoms with Crippen molar-refractivity contribution in [1.29, 1.82) is 0 Å². The van der Waals surface area contributed by atoms with Crippen LogP contribution >= 0.6 is 11.6 Å². The van der Waals surface area contributed by atoms with Crippen molar-refractivity contribution in [3.63, 3.8) is 0 Å². The van der Waals surface area contributed by atoms with Crippen molar-refractivity contribution in [2.45, 2.75) is 6.61 Å². The first-order chi connectivity index (χ1) is 15.1. The molecule has 0 aliphatic carbocycles. The number of halogens is 1. The zero-order valence-corrected chi connectivity index (χ0v) is 17.2. The van der Waals surface area contributed by atoms with Crippen LogP contribution in [0.3, 0.4) is 0 Å². The van der Waals surface area contributed by atoms with Crippen LogP contribution in [0.15, 0.2) is 90.0 Å². The number of hydrazone groups is 1. The van der Waals surface area contributed by atoms with Crippen LogP contribution in [-0.4, -0.2) is 17.2 Å². The maximum Gasteiger partial charge on any atom is 0.275 e. The Kier molecular flexibility index (Phi) is 6.15. The molecule has 0 radical (unpaired) electrons.